The summed E-state index contributed by atoms with van der Waals surface area (Å²) in [5.74, 6) is 1.36. The molecule has 2 aromatic rings. The van der Waals surface area contributed by atoms with E-state index in [1.807, 2.05) is 6.92 Å². The Morgan fingerprint density at radius 2 is 1.71 bits per heavy atom. The highest BCUT2D eigenvalue weighted by Gasteiger charge is 2.02. The third-order valence-electron chi connectivity index (χ3n) is 1.94. The van der Waals surface area contributed by atoms with Crippen LogP contribution < -0.4 is 5.32 Å². The molecule has 0 saturated heterocycles. The van der Waals surface area contributed by atoms with Gasteiger partial charge in [0.1, 0.15) is 16.2 Å². The lowest BCUT2D eigenvalue weighted by Crippen LogP contribution is -1.97. The molecule has 0 fully saturated rings. The zero-order valence-electron chi connectivity index (χ0n) is 8.84. The predicted octanol–water partition coefficient (Wildman–Crippen LogP) is 4.60. The first-order valence-corrected chi connectivity index (χ1v) is 6.32. The van der Waals surface area contributed by atoms with Crippen LogP contribution in [0.25, 0.3) is 0 Å². The summed E-state index contributed by atoms with van der Waals surface area (Å²) in [6, 6.07) is 7.01. The molecule has 0 spiro atoms. The Morgan fingerprint density at radius 1 is 1.06 bits per heavy atom. The predicted molar refractivity (Wildman–Crippen MR) is 74.2 cm³/mol. The van der Waals surface area contributed by atoms with Crippen molar-refractivity contribution >= 4 is 50.6 Å². The molecule has 1 aromatic heterocycles. The van der Waals surface area contributed by atoms with Crippen LogP contribution in [0.1, 0.15) is 5.82 Å². The minimum atomic E-state index is 0.574. The van der Waals surface area contributed by atoms with E-state index in [0.29, 0.717) is 21.7 Å². The number of hydrogen-bond donors (Lipinski definition) is 1. The summed E-state index contributed by atoms with van der Waals surface area (Å²) in [7, 11) is 0. The molecule has 1 heterocycles. The average molecular weight is 333 g/mol. The molecular weight excluding hydrogens is 325 g/mol. The first-order chi connectivity index (χ1) is 8.02. The summed E-state index contributed by atoms with van der Waals surface area (Å²) in [6.07, 6.45) is 0. The van der Waals surface area contributed by atoms with Gasteiger partial charge in [-0.2, -0.15) is 0 Å². The Bertz CT molecular complexity index is 470. The van der Waals surface area contributed by atoms with Gasteiger partial charge in [-0.3, -0.25) is 0 Å². The lowest BCUT2D eigenvalue weighted by atomic mass is 10.3. The second-order valence-electron chi connectivity index (χ2n) is 3.41. The zero-order valence-corrected chi connectivity index (χ0v) is 11.9. The number of halogens is 3. The highest BCUT2D eigenvalue weighted by molar-refractivity contribution is 9.10. The summed E-state index contributed by atoms with van der Waals surface area (Å²) < 4.78 is 0.723. The molecule has 0 aliphatic carbocycles. The summed E-state index contributed by atoms with van der Waals surface area (Å²) in [6.45, 7) is 1.82. The van der Waals surface area contributed by atoms with Gasteiger partial charge >= 0.3 is 0 Å². The van der Waals surface area contributed by atoms with Crippen LogP contribution in [0, 0.1) is 6.92 Å². The molecule has 0 aliphatic heterocycles. The lowest BCUT2D eigenvalue weighted by Gasteiger charge is -2.07. The van der Waals surface area contributed by atoms with Crippen molar-refractivity contribution < 1.29 is 0 Å². The molecule has 2 rings (SSSR count). The van der Waals surface area contributed by atoms with Gasteiger partial charge in [0.15, 0.2) is 0 Å². The van der Waals surface area contributed by atoms with Crippen molar-refractivity contribution in [2.75, 3.05) is 5.32 Å². The smallest absolute Gasteiger partial charge is 0.135 e. The van der Waals surface area contributed by atoms with Gasteiger partial charge in [0.25, 0.3) is 0 Å². The summed E-state index contributed by atoms with van der Waals surface area (Å²) >= 11 is 15.1. The molecule has 0 bridgehead atoms. The molecule has 88 valence electrons. The maximum Gasteiger partial charge on any atom is 0.135 e. The van der Waals surface area contributed by atoms with E-state index < -0.39 is 0 Å². The molecule has 0 amide bonds. The zero-order chi connectivity index (χ0) is 12.4. The van der Waals surface area contributed by atoms with E-state index in [2.05, 4.69) is 31.2 Å². The van der Waals surface area contributed by atoms with E-state index in [4.69, 9.17) is 23.2 Å². The SMILES string of the molecule is Cc1nc(Br)cc(Nc2cc(Cl)cc(Cl)c2)n1. The first kappa shape index (κ1) is 12.6. The minimum Gasteiger partial charge on any atom is -0.340 e. The van der Waals surface area contributed by atoms with Gasteiger partial charge < -0.3 is 5.32 Å². The molecule has 0 atom stereocenters. The molecule has 6 heteroatoms. The van der Waals surface area contributed by atoms with E-state index in [1.54, 1.807) is 24.3 Å². The van der Waals surface area contributed by atoms with Crippen molar-refractivity contribution in [2.45, 2.75) is 6.92 Å². The van der Waals surface area contributed by atoms with Gasteiger partial charge in [0.2, 0.25) is 0 Å². The molecule has 1 N–H and O–H groups in total. The van der Waals surface area contributed by atoms with Crippen LogP contribution in [0.4, 0.5) is 11.5 Å². The van der Waals surface area contributed by atoms with Crippen LogP contribution in [0.15, 0.2) is 28.9 Å². The Kier molecular flexibility index (Phi) is 3.86. The normalized spacial score (nSPS) is 10.4. The number of rotatable bonds is 2. The van der Waals surface area contributed by atoms with Crippen molar-refractivity contribution in [3.8, 4) is 0 Å². The molecular formula is C11H8BrCl2N3. The number of aryl methyl sites for hydroxylation is 1. The van der Waals surface area contributed by atoms with Crippen LogP contribution in [0.2, 0.25) is 10.0 Å². The van der Waals surface area contributed by atoms with E-state index in [0.717, 1.165) is 10.3 Å². The second kappa shape index (κ2) is 5.21. The van der Waals surface area contributed by atoms with Crippen LogP contribution in [-0.4, -0.2) is 9.97 Å². The number of nitrogens with zero attached hydrogens (tertiary/aromatic N) is 2. The second-order valence-corrected chi connectivity index (χ2v) is 5.09. The topological polar surface area (TPSA) is 37.8 Å². The maximum absolute atomic E-state index is 5.91. The van der Waals surface area contributed by atoms with Crippen molar-refractivity contribution in [3.63, 3.8) is 0 Å². The van der Waals surface area contributed by atoms with Crippen molar-refractivity contribution in [2.24, 2.45) is 0 Å². The van der Waals surface area contributed by atoms with E-state index in [1.165, 1.54) is 0 Å². The molecule has 0 radical (unpaired) electrons. The van der Waals surface area contributed by atoms with Crippen molar-refractivity contribution in [1.82, 2.24) is 9.97 Å². The van der Waals surface area contributed by atoms with Gasteiger partial charge in [0, 0.05) is 21.8 Å². The van der Waals surface area contributed by atoms with E-state index in [-0.39, 0.29) is 0 Å². The summed E-state index contributed by atoms with van der Waals surface area (Å²) in [5.41, 5.74) is 0.785. The molecule has 3 nitrogen and oxygen atoms in total. The minimum absolute atomic E-state index is 0.574. The maximum atomic E-state index is 5.91. The Labute approximate surface area is 117 Å². The van der Waals surface area contributed by atoms with Crippen LogP contribution in [0.3, 0.4) is 0 Å². The number of hydrogen-bond acceptors (Lipinski definition) is 3. The van der Waals surface area contributed by atoms with E-state index >= 15 is 0 Å². The fourth-order valence-electron chi connectivity index (χ4n) is 1.37. The first-order valence-electron chi connectivity index (χ1n) is 4.77. The number of nitrogens with one attached hydrogen (secondary N) is 1. The summed E-state index contributed by atoms with van der Waals surface area (Å²) in [4.78, 5) is 8.37. The fourth-order valence-corrected chi connectivity index (χ4v) is 2.37. The molecule has 0 unspecified atom stereocenters. The monoisotopic (exact) mass is 331 g/mol. The lowest BCUT2D eigenvalue weighted by molar-refractivity contribution is 1.04. The Morgan fingerprint density at radius 3 is 2.29 bits per heavy atom. The average Bonchev–Trinajstić information content (AvgIpc) is 2.13. The van der Waals surface area contributed by atoms with Crippen LogP contribution >= 0.6 is 39.1 Å². The number of benzene rings is 1. The van der Waals surface area contributed by atoms with Crippen LogP contribution in [-0.2, 0) is 0 Å². The highest BCUT2D eigenvalue weighted by atomic mass is 79.9. The van der Waals surface area contributed by atoms with E-state index in [9.17, 15) is 0 Å². The van der Waals surface area contributed by atoms with Crippen LogP contribution in [0.5, 0.6) is 0 Å². The largest absolute Gasteiger partial charge is 0.340 e. The third-order valence-corrected chi connectivity index (χ3v) is 2.78. The molecule has 0 saturated carbocycles. The van der Waals surface area contributed by atoms with Gasteiger partial charge in [-0.1, -0.05) is 23.2 Å². The number of anilines is 2. The highest BCUT2D eigenvalue weighted by Crippen LogP contribution is 2.25. The Hall–Kier alpha value is -0.840. The van der Waals surface area contributed by atoms with Gasteiger partial charge in [0.05, 0.1) is 0 Å². The van der Waals surface area contributed by atoms with Crippen molar-refractivity contribution in [1.29, 1.82) is 0 Å². The van der Waals surface area contributed by atoms with Gasteiger partial charge in [-0.25, -0.2) is 9.97 Å². The standard InChI is InChI=1S/C11H8BrCl2N3/c1-6-15-10(12)5-11(16-6)17-9-3-7(13)2-8(14)4-9/h2-5H,1H3,(H,15,16,17). The quantitative estimate of drug-likeness (QED) is 0.817. The van der Waals surface area contributed by atoms with Crippen molar-refractivity contribution in [3.05, 3.63) is 44.7 Å². The summed E-state index contributed by atoms with van der Waals surface area (Å²) in [5, 5.41) is 4.27. The molecule has 1 aromatic carbocycles. The van der Waals surface area contributed by atoms with Gasteiger partial charge in [-0.15, -0.1) is 0 Å². The Balaban J connectivity index is 2.31. The molecule has 0 aliphatic rings. The third kappa shape index (κ3) is 3.56. The number of aromatic nitrogens is 2. The van der Waals surface area contributed by atoms with Gasteiger partial charge in [-0.05, 0) is 41.1 Å². The molecule has 17 heavy (non-hydrogen) atoms. The fraction of sp³-hybridized carbons (Fsp3) is 0.0909.